The van der Waals surface area contributed by atoms with E-state index in [-0.39, 0.29) is 19.3 Å². The third kappa shape index (κ3) is 10.9. The van der Waals surface area contributed by atoms with Crippen molar-refractivity contribution in [2.24, 2.45) is 0 Å². The van der Waals surface area contributed by atoms with Crippen LogP contribution >= 0.6 is 0 Å². The molecule has 0 fully saturated rings. The minimum Gasteiger partial charge on any atom is -0.395 e. The standard InChI is InChI=1S/C23H41NO2/c1-2-3-4-5-6-7-8-9-10-14-17-23(21-26)24(18-19-25)20-22-15-12-11-13-16-22/h11-13,15-16,23,25-26H,2-10,14,17-21H2,1H3. The average molecular weight is 364 g/mol. The van der Waals surface area contributed by atoms with Gasteiger partial charge in [-0.3, -0.25) is 4.90 Å². The number of rotatable bonds is 17. The second kappa shape index (κ2) is 16.3. The van der Waals surface area contributed by atoms with Crippen molar-refractivity contribution < 1.29 is 10.2 Å². The fourth-order valence-electron chi connectivity index (χ4n) is 3.59. The van der Waals surface area contributed by atoms with E-state index in [0.717, 1.165) is 19.4 Å². The molecule has 0 spiro atoms. The summed E-state index contributed by atoms with van der Waals surface area (Å²) in [5.74, 6) is 0. The van der Waals surface area contributed by atoms with E-state index in [0.29, 0.717) is 6.54 Å². The van der Waals surface area contributed by atoms with Crippen LogP contribution in [0.5, 0.6) is 0 Å². The van der Waals surface area contributed by atoms with Gasteiger partial charge in [-0.25, -0.2) is 0 Å². The Kier molecular flexibility index (Phi) is 14.5. The molecule has 0 aliphatic rings. The Bertz CT molecular complexity index is 410. The number of unbranched alkanes of at least 4 members (excludes halogenated alkanes) is 9. The van der Waals surface area contributed by atoms with Crippen molar-refractivity contribution in [2.45, 2.75) is 90.1 Å². The molecule has 0 aliphatic heterocycles. The Hall–Kier alpha value is -0.900. The van der Waals surface area contributed by atoms with Crippen LogP contribution in [-0.4, -0.2) is 40.9 Å². The summed E-state index contributed by atoms with van der Waals surface area (Å²) in [4.78, 5) is 2.23. The summed E-state index contributed by atoms with van der Waals surface area (Å²) >= 11 is 0. The second-order valence-electron chi connectivity index (χ2n) is 7.49. The van der Waals surface area contributed by atoms with Gasteiger partial charge in [0.15, 0.2) is 0 Å². The van der Waals surface area contributed by atoms with Gasteiger partial charge in [0.05, 0.1) is 13.2 Å². The van der Waals surface area contributed by atoms with E-state index in [9.17, 15) is 10.2 Å². The summed E-state index contributed by atoms with van der Waals surface area (Å²) in [6.07, 6.45) is 14.4. The number of hydrogen-bond acceptors (Lipinski definition) is 3. The zero-order valence-electron chi connectivity index (χ0n) is 16.9. The van der Waals surface area contributed by atoms with Crippen LogP contribution in [0.1, 0.15) is 83.1 Å². The lowest BCUT2D eigenvalue weighted by molar-refractivity contribution is 0.0884. The van der Waals surface area contributed by atoms with Crippen LogP contribution in [0.2, 0.25) is 0 Å². The van der Waals surface area contributed by atoms with Crippen LogP contribution in [0.15, 0.2) is 30.3 Å². The first-order chi connectivity index (χ1) is 12.8. The molecule has 0 amide bonds. The van der Waals surface area contributed by atoms with E-state index in [1.807, 2.05) is 18.2 Å². The summed E-state index contributed by atoms with van der Waals surface area (Å²) < 4.78 is 0. The van der Waals surface area contributed by atoms with Crippen molar-refractivity contribution in [1.82, 2.24) is 4.90 Å². The molecule has 1 aromatic rings. The first kappa shape index (κ1) is 23.1. The average Bonchev–Trinajstić information content (AvgIpc) is 2.67. The Labute approximate surface area is 161 Å². The van der Waals surface area contributed by atoms with E-state index in [1.54, 1.807) is 0 Å². The van der Waals surface area contributed by atoms with Crippen molar-refractivity contribution in [3.8, 4) is 0 Å². The van der Waals surface area contributed by atoms with Crippen molar-refractivity contribution in [3.63, 3.8) is 0 Å². The summed E-state index contributed by atoms with van der Waals surface area (Å²) in [5.41, 5.74) is 1.24. The molecular formula is C23H41NO2. The maximum Gasteiger partial charge on any atom is 0.0587 e. The molecule has 0 aliphatic carbocycles. The molecule has 3 nitrogen and oxygen atoms in total. The maximum absolute atomic E-state index is 9.82. The quantitative estimate of drug-likeness (QED) is 0.376. The zero-order valence-corrected chi connectivity index (χ0v) is 16.9. The van der Waals surface area contributed by atoms with Crippen molar-refractivity contribution >= 4 is 0 Å². The van der Waals surface area contributed by atoms with Gasteiger partial charge in [0.1, 0.15) is 0 Å². The Balaban J connectivity index is 2.20. The first-order valence-electron chi connectivity index (χ1n) is 10.8. The largest absolute Gasteiger partial charge is 0.395 e. The molecule has 0 saturated carbocycles. The molecule has 0 aromatic heterocycles. The first-order valence-corrected chi connectivity index (χ1v) is 10.8. The second-order valence-corrected chi connectivity index (χ2v) is 7.49. The number of benzene rings is 1. The third-order valence-electron chi connectivity index (χ3n) is 5.23. The van der Waals surface area contributed by atoms with Crippen LogP contribution in [-0.2, 0) is 6.54 Å². The normalized spacial score (nSPS) is 12.6. The third-order valence-corrected chi connectivity index (χ3v) is 5.23. The Morgan fingerprint density at radius 3 is 1.92 bits per heavy atom. The van der Waals surface area contributed by atoms with Gasteiger partial charge < -0.3 is 10.2 Å². The Morgan fingerprint density at radius 1 is 0.808 bits per heavy atom. The summed E-state index contributed by atoms with van der Waals surface area (Å²) in [6.45, 7) is 4.00. The molecule has 2 N–H and O–H groups in total. The number of aliphatic hydroxyl groups is 2. The maximum atomic E-state index is 9.82. The lowest BCUT2D eigenvalue weighted by atomic mass is 10.0. The van der Waals surface area contributed by atoms with Gasteiger partial charge in [0, 0.05) is 19.1 Å². The van der Waals surface area contributed by atoms with Crippen LogP contribution in [0, 0.1) is 0 Å². The van der Waals surface area contributed by atoms with Gasteiger partial charge in [-0.1, -0.05) is 101 Å². The SMILES string of the molecule is CCCCCCCCCCCCC(CO)N(CCO)Cc1ccccc1. The fraction of sp³-hybridized carbons (Fsp3) is 0.739. The van der Waals surface area contributed by atoms with Gasteiger partial charge in [0.2, 0.25) is 0 Å². The number of aliphatic hydroxyl groups excluding tert-OH is 2. The van der Waals surface area contributed by atoms with Crippen LogP contribution in [0.25, 0.3) is 0 Å². The summed E-state index contributed by atoms with van der Waals surface area (Å²) in [6, 6.07) is 10.5. The topological polar surface area (TPSA) is 43.7 Å². The summed E-state index contributed by atoms with van der Waals surface area (Å²) in [7, 11) is 0. The minimum atomic E-state index is 0.140. The van der Waals surface area contributed by atoms with E-state index in [1.165, 1.54) is 63.4 Å². The molecule has 1 atom stereocenters. The molecule has 26 heavy (non-hydrogen) atoms. The van der Waals surface area contributed by atoms with Gasteiger partial charge >= 0.3 is 0 Å². The molecular weight excluding hydrogens is 322 g/mol. The van der Waals surface area contributed by atoms with Gasteiger partial charge in [0.25, 0.3) is 0 Å². The minimum absolute atomic E-state index is 0.140. The number of hydrogen-bond donors (Lipinski definition) is 2. The smallest absolute Gasteiger partial charge is 0.0587 e. The van der Waals surface area contributed by atoms with Crippen LogP contribution in [0.3, 0.4) is 0 Å². The van der Waals surface area contributed by atoms with E-state index in [2.05, 4.69) is 24.0 Å². The summed E-state index contributed by atoms with van der Waals surface area (Å²) in [5, 5.41) is 19.2. The number of nitrogens with zero attached hydrogens (tertiary/aromatic N) is 1. The van der Waals surface area contributed by atoms with Gasteiger partial charge in [-0.05, 0) is 12.0 Å². The Morgan fingerprint density at radius 2 is 1.38 bits per heavy atom. The van der Waals surface area contributed by atoms with E-state index < -0.39 is 0 Å². The van der Waals surface area contributed by atoms with Crippen molar-refractivity contribution in [1.29, 1.82) is 0 Å². The molecule has 0 radical (unpaired) electrons. The van der Waals surface area contributed by atoms with Crippen LogP contribution in [0.4, 0.5) is 0 Å². The van der Waals surface area contributed by atoms with Crippen LogP contribution < -0.4 is 0 Å². The monoisotopic (exact) mass is 363 g/mol. The van der Waals surface area contributed by atoms with Crippen molar-refractivity contribution in [3.05, 3.63) is 35.9 Å². The molecule has 0 saturated heterocycles. The van der Waals surface area contributed by atoms with Gasteiger partial charge in [-0.15, -0.1) is 0 Å². The zero-order chi connectivity index (χ0) is 18.9. The lowest BCUT2D eigenvalue weighted by Crippen LogP contribution is -2.39. The molecule has 0 heterocycles. The highest BCUT2D eigenvalue weighted by Crippen LogP contribution is 2.16. The highest BCUT2D eigenvalue weighted by molar-refractivity contribution is 5.14. The van der Waals surface area contributed by atoms with Gasteiger partial charge in [-0.2, -0.15) is 0 Å². The molecule has 150 valence electrons. The van der Waals surface area contributed by atoms with E-state index in [4.69, 9.17) is 0 Å². The van der Waals surface area contributed by atoms with Crippen molar-refractivity contribution in [2.75, 3.05) is 19.8 Å². The molecule has 0 bridgehead atoms. The lowest BCUT2D eigenvalue weighted by Gasteiger charge is -2.30. The highest BCUT2D eigenvalue weighted by atomic mass is 16.3. The predicted octanol–water partition coefficient (Wildman–Crippen LogP) is 5.15. The molecule has 1 aromatic carbocycles. The fourth-order valence-corrected chi connectivity index (χ4v) is 3.59. The molecule has 1 rings (SSSR count). The highest BCUT2D eigenvalue weighted by Gasteiger charge is 2.17. The molecule has 1 unspecified atom stereocenters. The predicted molar refractivity (Wildman–Crippen MR) is 111 cm³/mol. The van der Waals surface area contributed by atoms with E-state index >= 15 is 0 Å². The molecule has 3 heteroatoms.